The molecule has 2 aromatic heterocycles. The second-order valence-electron chi connectivity index (χ2n) is 8.82. The third-order valence-corrected chi connectivity index (χ3v) is 7.27. The number of H-pyrrole nitrogens is 1. The van der Waals surface area contributed by atoms with E-state index in [1.165, 1.54) is 25.7 Å². The van der Waals surface area contributed by atoms with E-state index < -0.39 is 0 Å². The standard InChI is InChI=1S/C23H26N6O/c1-28-17-4-5-18(28)9-19(8-17)29(2)23-24-12-21-20-6-3-14(16-10-25-26-11-16)7-15(20)13-30-22(21)27-23/h3,6-7,10-12,17-19H,4-5,8-9,13H2,1-2H3,(H,25,26)/t17-,18+,19?. The van der Waals surface area contributed by atoms with Gasteiger partial charge >= 0.3 is 0 Å². The second-order valence-corrected chi connectivity index (χ2v) is 8.82. The Hall–Kier alpha value is -2.93. The largest absolute Gasteiger partial charge is 0.472 e. The topological polar surface area (TPSA) is 70.2 Å². The molecular formula is C23H26N6O. The van der Waals surface area contributed by atoms with Crippen molar-refractivity contribution in [3.8, 4) is 28.1 Å². The number of rotatable bonds is 3. The van der Waals surface area contributed by atoms with Gasteiger partial charge in [-0.1, -0.05) is 12.1 Å². The van der Waals surface area contributed by atoms with Gasteiger partial charge in [-0.25, -0.2) is 4.98 Å². The first-order valence-electron chi connectivity index (χ1n) is 10.7. The monoisotopic (exact) mass is 402 g/mol. The Kier molecular flexibility index (Phi) is 4.06. The average molecular weight is 403 g/mol. The minimum absolute atomic E-state index is 0.491. The van der Waals surface area contributed by atoms with Crippen LogP contribution in [0.25, 0.3) is 22.3 Å². The van der Waals surface area contributed by atoms with E-state index in [1.54, 1.807) is 0 Å². The molecule has 0 aliphatic carbocycles. The molecule has 0 radical (unpaired) electrons. The van der Waals surface area contributed by atoms with Crippen LogP contribution >= 0.6 is 0 Å². The maximum atomic E-state index is 6.06. The summed E-state index contributed by atoms with van der Waals surface area (Å²) in [7, 11) is 4.41. The van der Waals surface area contributed by atoms with Crippen molar-refractivity contribution in [1.82, 2.24) is 25.1 Å². The lowest BCUT2D eigenvalue weighted by Crippen LogP contribution is -2.48. The van der Waals surface area contributed by atoms with Crippen LogP contribution in [0.15, 0.2) is 36.8 Å². The fourth-order valence-corrected chi connectivity index (χ4v) is 5.39. The molecule has 1 aromatic carbocycles. The predicted molar refractivity (Wildman–Crippen MR) is 115 cm³/mol. The van der Waals surface area contributed by atoms with Crippen molar-refractivity contribution >= 4 is 5.95 Å². The molecule has 2 saturated heterocycles. The number of benzene rings is 1. The molecule has 154 valence electrons. The second kappa shape index (κ2) is 6.80. The molecule has 0 saturated carbocycles. The fourth-order valence-electron chi connectivity index (χ4n) is 5.39. The first kappa shape index (κ1) is 17.9. The Bertz CT molecular complexity index is 1070. The summed E-state index contributed by atoms with van der Waals surface area (Å²) in [6.45, 7) is 0.520. The van der Waals surface area contributed by atoms with Gasteiger partial charge in [-0.2, -0.15) is 10.1 Å². The zero-order valence-corrected chi connectivity index (χ0v) is 17.4. The summed E-state index contributed by atoms with van der Waals surface area (Å²) in [5.41, 5.74) is 5.47. The minimum Gasteiger partial charge on any atom is -0.472 e. The summed E-state index contributed by atoms with van der Waals surface area (Å²) in [4.78, 5) is 14.4. The van der Waals surface area contributed by atoms with Crippen molar-refractivity contribution in [3.63, 3.8) is 0 Å². The van der Waals surface area contributed by atoms with Crippen molar-refractivity contribution < 1.29 is 4.74 Å². The van der Waals surface area contributed by atoms with Crippen molar-refractivity contribution in [1.29, 1.82) is 0 Å². The van der Waals surface area contributed by atoms with Crippen LogP contribution in [0.5, 0.6) is 5.88 Å². The first-order chi connectivity index (χ1) is 14.7. The Balaban J connectivity index is 1.28. The van der Waals surface area contributed by atoms with E-state index in [2.05, 4.69) is 52.3 Å². The summed E-state index contributed by atoms with van der Waals surface area (Å²) in [6, 6.07) is 8.30. The van der Waals surface area contributed by atoms with Gasteiger partial charge in [0.1, 0.15) is 6.61 Å². The summed E-state index contributed by atoms with van der Waals surface area (Å²) in [6.07, 6.45) is 10.7. The number of anilines is 1. The molecule has 5 heterocycles. The average Bonchev–Trinajstić information content (AvgIpc) is 3.37. The van der Waals surface area contributed by atoms with Crippen molar-refractivity contribution in [2.45, 2.75) is 50.4 Å². The normalized spacial score (nSPS) is 24.8. The van der Waals surface area contributed by atoms with Crippen LogP contribution in [-0.2, 0) is 6.61 Å². The Labute approximate surface area is 176 Å². The van der Waals surface area contributed by atoms with Gasteiger partial charge in [-0.3, -0.25) is 5.10 Å². The number of ether oxygens (including phenoxy) is 1. The van der Waals surface area contributed by atoms with Gasteiger partial charge in [0.15, 0.2) is 0 Å². The summed E-state index contributed by atoms with van der Waals surface area (Å²) in [5, 5.41) is 6.92. The quantitative estimate of drug-likeness (QED) is 0.723. The van der Waals surface area contributed by atoms with E-state index in [0.717, 1.165) is 33.8 Å². The molecule has 1 N–H and O–H groups in total. The SMILES string of the molecule is CN(c1ncc2c(n1)OCc1cc(-c3cn[nH]c3)ccc1-2)C1C[C@H]2CC[C@@H](C1)N2C. The molecule has 6 rings (SSSR count). The lowest BCUT2D eigenvalue weighted by atomic mass is 9.96. The highest BCUT2D eigenvalue weighted by Crippen LogP contribution is 2.40. The van der Waals surface area contributed by atoms with Gasteiger partial charge in [-0.15, -0.1) is 0 Å². The molecule has 30 heavy (non-hydrogen) atoms. The Morgan fingerprint density at radius 3 is 2.70 bits per heavy atom. The number of aromatic nitrogens is 4. The zero-order chi connectivity index (χ0) is 20.2. The number of piperidine rings is 1. The number of hydrogen-bond donors (Lipinski definition) is 1. The highest BCUT2D eigenvalue weighted by atomic mass is 16.5. The van der Waals surface area contributed by atoms with Crippen LogP contribution < -0.4 is 9.64 Å². The van der Waals surface area contributed by atoms with Crippen LogP contribution in [0.1, 0.15) is 31.2 Å². The molecule has 3 aromatic rings. The maximum absolute atomic E-state index is 6.06. The van der Waals surface area contributed by atoms with Crippen LogP contribution in [0.2, 0.25) is 0 Å². The van der Waals surface area contributed by atoms with E-state index in [4.69, 9.17) is 14.7 Å². The van der Waals surface area contributed by atoms with Gasteiger partial charge in [0, 0.05) is 43.1 Å². The Morgan fingerprint density at radius 2 is 1.93 bits per heavy atom. The lowest BCUT2D eigenvalue weighted by molar-refractivity contribution is 0.160. The molecular weight excluding hydrogens is 376 g/mol. The van der Waals surface area contributed by atoms with E-state index in [9.17, 15) is 0 Å². The molecule has 2 bridgehead atoms. The van der Waals surface area contributed by atoms with Gasteiger partial charge in [-0.05, 0) is 55.5 Å². The zero-order valence-electron chi connectivity index (χ0n) is 17.4. The number of hydrogen-bond acceptors (Lipinski definition) is 6. The first-order valence-corrected chi connectivity index (χ1v) is 10.7. The van der Waals surface area contributed by atoms with Gasteiger partial charge in [0.05, 0.1) is 11.8 Å². The number of nitrogens with one attached hydrogen (secondary N) is 1. The number of fused-ring (bicyclic) bond motifs is 5. The molecule has 3 aliphatic rings. The van der Waals surface area contributed by atoms with Gasteiger partial charge in [0.2, 0.25) is 11.8 Å². The summed E-state index contributed by atoms with van der Waals surface area (Å²) >= 11 is 0. The highest BCUT2D eigenvalue weighted by Gasteiger charge is 2.40. The van der Waals surface area contributed by atoms with Crippen LogP contribution in [0, 0.1) is 0 Å². The van der Waals surface area contributed by atoms with Crippen LogP contribution in [0.4, 0.5) is 5.95 Å². The van der Waals surface area contributed by atoms with Crippen molar-refractivity contribution in [3.05, 3.63) is 42.4 Å². The van der Waals surface area contributed by atoms with Crippen molar-refractivity contribution in [2.24, 2.45) is 0 Å². The van der Waals surface area contributed by atoms with E-state index in [0.29, 0.717) is 30.6 Å². The number of aromatic amines is 1. The van der Waals surface area contributed by atoms with Gasteiger partial charge < -0.3 is 14.5 Å². The molecule has 3 atom stereocenters. The third-order valence-electron chi connectivity index (χ3n) is 7.27. The van der Waals surface area contributed by atoms with E-state index in [-0.39, 0.29) is 0 Å². The fraction of sp³-hybridized carbons (Fsp3) is 0.435. The molecule has 1 unspecified atom stereocenters. The lowest BCUT2D eigenvalue weighted by Gasteiger charge is -2.40. The molecule has 0 amide bonds. The van der Waals surface area contributed by atoms with E-state index in [1.807, 2.05) is 18.6 Å². The smallest absolute Gasteiger partial charge is 0.228 e. The molecule has 2 fully saturated rings. The van der Waals surface area contributed by atoms with E-state index >= 15 is 0 Å². The highest BCUT2D eigenvalue weighted by molar-refractivity contribution is 5.77. The third kappa shape index (κ3) is 2.80. The maximum Gasteiger partial charge on any atom is 0.228 e. The predicted octanol–water partition coefficient (Wildman–Crippen LogP) is 3.49. The molecule has 7 heteroatoms. The minimum atomic E-state index is 0.491. The summed E-state index contributed by atoms with van der Waals surface area (Å²) < 4.78 is 6.06. The Morgan fingerprint density at radius 1 is 1.10 bits per heavy atom. The number of nitrogens with zero attached hydrogens (tertiary/aromatic N) is 5. The van der Waals surface area contributed by atoms with Crippen LogP contribution in [0.3, 0.4) is 0 Å². The summed E-state index contributed by atoms with van der Waals surface area (Å²) in [5.74, 6) is 1.45. The van der Waals surface area contributed by atoms with Crippen LogP contribution in [-0.4, -0.2) is 57.3 Å². The van der Waals surface area contributed by atoms with Crippen molar-refractivity contribution in [2.75, 3.05) is 19.0 Å². The van der Waals surface area contributed by atoms with Gasteiger partial charge in [0.25, 0.3) is 0 Å². The molecule has 0 spiro atoms. The molecule has 3 aliphatic heterocycles. The molecule has 7 nitrogen and oxygen atoms in total.